The Balaban J connectivity index is 1.83. The molecule has 96 valence electrons. The molecule has 1 aromatic carbocycles. The maximum absolute atomic E-state index is 11.1. The SMILES string of the molecule is CCC1CCCC1Nc1ccc2oc(=O)[nH]c2c1. The largest absolute Gasteiger partial charge is 0.417 e. The summed E-state index contributed by atoms with van der Waals surface area (Å²) in [6.07, 6.45) is 5.08. The van der Waals surface area contributed by atoms with Crippen molar-refractivity contribution in [3.63, 3.8) is 0 Å². The minimum Gasteiger partial charge on any atom is -0.408 e. The molecule has 0 radical (unpaired) electrons. The molecule has 2 unspecified atom stereocenters. The Morgan fingerprint density at radius 2 is 2.33 bits per heavy atom. The lowest BCUT2D eigenvalue weighted by Crippen LogP contribution is -2.23. The standard InChI is InChI=1S/C14H18N2O2/c1-2-9-4-3-5-11(9)15-10-6-7-13-12(8-10)16-14(17)18-13/h6-9,11,15H,2-5H2,1H3,(H,16,17). The molecule has 0 spiro atoms. The van der Waals surface area contributed by atoms with Gasteiger partial charge in [-0.2, -0.15) is 0 Å². The van der Waals surface area contributed by atoms with E-state index in [0.29, 0.717) is 11.6 Å². The quantitative estimate of drug-likeness (QED) is 0.874. The first-order valence-corrected chi connectivity index (χ1v) is 6.65. The minimum absolute atomic E-state index is 0.394. The fourth-order valence-electron chi connectivity index (χ4n) is 2.97. The van der Waals surface area contributed by atoms with Crippen LogP contribution in [0.1, 0.15) is 32.6 Å². The summed E-state index contributed by atoms with van der Waals surface area (Å²) < 4.78 is 5.00. The summed E-state index contributed by atoms with van der Waals surface area (Å²) in [6.45, 7) is 2.25. The Labute approximate surface area is 105 Å². The summed E-state index contributed by atoms with van der Waals surface area (Å²) >= 11 is 0. The van der Waals surface area contributed by atoms with Crippen molar-refractivity contribution >= 4 is 16.8 Å². The highest BCUT2D eigenvalue weighted by Crippen LogP contribution is 2.31. The van der Waals surface area contributed by atoms with Crippen LogP contribution in [0.3, 0.4) is 0 Å². The predicted octanol–water partition coefficient (Wildman–Crippen LogP) is 3.11. The molecule has 18 heavy (non-hydrogen) atoms. The Hall–Kier alpha value is -1.71. The second-order valence-electron chi connectivity index (χ2n) is 5.08. The zero-order valence-corrected chi connectivity index (χ0v) is 10.5. The lowest BCUT2D eigenvalue weighted by atomic mass is 10.0. The first-order chi connectivity index (χ1) is 8.76. The van der Waals surface area contributed by atoms with Gasteiger partial charge < -0.3 is 9.73 Å². The van der Waals surface area contributed by atoms with E-state index < -0.39 is 5.76 Å². The van der Waals surface area contributed by atoms with Gasteiger partial charge in [0.25, 0.3) is 0 Å². The summed E-state index contributed by atoms with van der Waals surface area (Å²) in [5.74, 6) is 0.374. The molecule has 1 aliphatic carbocycles. The van der Waals surface area contributed by atoms with Crippen molar-refractivity contribution in [2.75, 3.05) is 5.32 Å². The lowest BCUT2D eigenvalue weighted by Gasteiger charge is -2.20. The van der Waals surface area contributed by atoms with E-state index >= 15 is 0 Å². The van der Waals surface area contributed by atoms with Gasteiger partial charge in [0.2, 0.25) is 0 Å². The van der Waals surface area contributed by atoms with E-state index in [1.54, 1.807) is 0 Å². The van der Waals surface area contributed by atoms with Crippen molar-refractivity contribution in [3.05, 3.63) is 28.7 Å². The smallest absolute Gasteiger partial charge is 0.408 e. The third-order valence-corrected chi connectivity index (χ3v) is 3.95. The molecule has 1 aliphatic rings. The number of nitrogens with one attached hydrogen (secondary N) is 2. The highest BCUT2D eigenvalue weighted by Gasteiger charge is 2.25. The number of benzene rings is 1. The summed E-state index contributed by atoms with van der Waals surface area (Å²) in [4.78, 5) is 13.8. The zero-order valence-electron chi connectivity index (χ0n) is 10.5. The van der Waals surface area contributed by atoms with E-state index in [0.717, 1.165) is 17.1 Å². The summed E-state index contributed by atoms with van der Waals surface area (Å²) in [6, 6.07) is 6.33. The highest BCUT2D eigenvalue weighted by atomic mass is 16.4. The van der Waals surface area contributed by atoms with Crippen molar-refractivity contribution in [3.8, 4) is 0 Å². The van der Waals surface area contributed by atoms with Crippen LogP contribution in [0.15, 0.2) is 27.4 Å². The molecule has 0 aliphatic heterocycles. The van der Waals surface area contributed by atoms with Gasteiger partial charge in [0, 0.05) is 11.7 Å². The van der Waals surface area contributed by atoms with Crippen LogP contribution in [0, 0.1) is 5.92 Å². The van der Waals surface area contributed by atoms with Crippen LogP contribution in [0.5, 0.6) is 0 Å². The monoisotopic (exact) mass is 246 g/mol. The minimum atomic E-state index is -0.394. The fraction of sp³-hybridized carbons (Fsp3) is 0.500. The second kappa shape index (κ2) is 4.52. The van der Waals surface area contributed by atoms with E-state index in [2.05, 4.69) is 17.2 Å². The van der Waals surface area contributed by atoms with Crippen LogP contribution < -0.4 is 11.1 Å². The van der Waals surface area contributed by atoms with Crippen LogP contribution >= 0.6 is 0 Å². The van der Waals surface area contributed by atoms with Gasteiger partial charge in [0.15, 0.2) is 5.58 Å². The number of H-pyrrole nitrogens is 1. The van der Waals surface area contributed by atoms with Crippen molar-refractivity contribution in [2.45, 2.75) is 38.6 Å². The molecule has 0 saturated heterocycles. The normalized spacial score (nSPS) is 23.6. The molecule has 2 atom stereocenters. The highest BCUT2D eigenvalue weighted by molar-refractivity contribution is 5.76. The maximum atomic E-state index is 11.1. The average Bonchev–Trinajstić information content (AvgIpc) is 2.93. The fourth-order valence-corrected chi connectivity index (χ4v) is 2.97. The van der Waals surface area contributed by atoms with Gasteiger partial charge in [-0.05, 0) is 37.0 Å². The zero-order chi connectivity index (χ0) is 12.5. The van der Waals surface area contributed by atoms with E-state index in [4.69, 9.17) is 4.42 Å². The van der Waals surface area contributed by atoms with Gasteiger partial charge in [-0.15, -0.1) is 0 Å². The average molecular weight is 246 g/mol. The number of fused-ring (bicyclic) bond motifs is 1. The third-order valence-electron chi connectivity index (χ3n) is 3.95. The number of aromatic amines is 1. The maximum Gasteiger partial charge on any atom is 0.417 e. The molecule has 2 aromatic rings. The van der Waals surface area contributed by atoms with Crippen molar-refractivity contribution in [1.29, 1.82) is 0 Å². The lowest BCUT2D eigenvalue weighted by molar-refractivity contribution is 0.489. The van der Waals surface area contributed by atoms with Crippen LogP contribution in [0.25, 0.3) is 11.1 Å². The van der Waals surface area contributed by atoms with Crippen molar-refractivity contribution < 1.29 is 4.42 Å². The summed E-state index contributed by atoms with van der Waals surface area (Å²) in [7, 11) is 0. The molecule has 1 saturated carbocycles. The van der Waals surface area contributed by atoms with Gasteiger partial charge in [0.05, 0.1) is 5.52 Å². The number of anilines is 1. The van der Waals surface area contributed by atoms with Gasteiger partial charge >= 0.3 is 5.76 Å². The Kier molecular flexibility index (Phi) is 2.86. The first-order valence-electron chi connectivity index (χ1n) is 6.65. The molecule has 1 fully saturated rings. The predicted molar refractivity (Wildman–Crippen MR) is 71.9 cm³/mol. The van der Waals surface area contributed by atoms with Crippen molar-refractivity contribution in [2.24, 2.45) is 5.92 Å². The Morgan fingerprint density at radius 3 is 3.17 bits per heavy atom. The van der Waals surface area contributed by atoms with E-state index in [-0.39, 0.29) is 0 Å². The summed E-state index contributed by atoms with van der Waals surface area (Å²) in [5.41, 5.74) is 2.44. The topological polar surface area (TPSA) is 58.0 Å². The molecule has 1 aromatic heterocycles. The molecule has 3 rings (SSSR count). The summed E-state index contributed by atoms with van der Waals surface area (Å²) in [5, 5.41) is 3.58. The van der Waals surface area contributed by atoms with Crippen LogP contribution in [0.2, 0.25) is 0 Å². The first kappa shape index (κ1) is 11.4. The molecule has 2 N–H and O–H groups in total. The van der Waals surface area contributed by atoms with Gasteiger partial charge in [-0.25, -0.2) is 4.79 Å². The third kappa shape index (κ3) is 2.03. The van der Waals surface area contributed by atoms with Crippen molar-refractivity contribution in [1.82, 2.24) is 4.98 Å². The molecular formula is C14H18N2O2. The molecule has 4 nitrogen and oxygen atoms in total. The number of hydrogen-bond acceptors (Lipinski definition) is 3. The molecule has 0 amide bonds. The molecule has 0 bridgehead atoms. The molecular weight excluding hydrogens is 228 g/mol. The Morgan fingerprint density at radius 1 is 1.44 bits per heavy atom. The number of oxazole rings is 1. The Bertz CT molecular complexity index is 599. The number of hydrogen-bond donors (Lipinski definition) is 2. The van der Waals surface area contributed by atoms with Crippen LogP contribution in [-0.2, 0) is 0 Å². The van der Waals surface area contributed by atoms with Gasteiger partial charge in [-0.1, -0.05) is 19.8 Å². The molecule has 1 heterocycles. The van der Waals surface area contributed by atoms with Gasteiger partial charge in [0.1, 0.15) is 0 Å². The molecule has 4 heteroatoms. The van der Waals surface area contributed by atoms with Gasteiger partial charge in [-0.3, -0.25) is 4.98 Å². The number of rotatable bonds is 3. The second-order valence-corrected chi connectivity index (χ2v) is 5.08. The van der Waals surface area contributed by atoms with Crippen LogP contribution in [0.4, 0.5) is 5.69 Å². The number of aromatic nitrogens is 1. The van der Waals surface area contributed by atoms with E-state index in [9.17, 15) is 4.79 Å². The van der Waals surface area contributed by atoms with E-state index in [1.165, 1.54) is 25.7 Å². The van der Waals surface area contributed by atoms with Crippen LogP contribution in [-0.4, -0.2) is 11.0 Å². The van der Waals surface area contributed by atoms with E-state index in [1.807, 2.05) is 18.2 Å².